The van der Waals surface area contributed by atoms with Crippen LogP contribution in [-0.2, 0) is 11.3 Å². The maximum Gasteiger partial charge on any atom is 0.262 e. The van der Waals surface area contributed by atoms with Crippen molar-refractivity contribution >= 4 is 39.9 Å². The second kappa shape index (κ2) is 9.49. The monoisotopic (exact) mass is 468 g/mol. The molecule has 0 aliphatic heterocycles. The topological polar surface area (TPSA) is 82.7 Å². The summed E-state index contributed by atoms with van der Waals surface area (Å²) in [5, 5.41) is 4.76. The van der Waals surface area contributed by atoms with Crippen molar-refractivity contribution in [3.05, 3.63) is 111 Å². The number of carbonyl (C=O) groups is 1. The third kappa shape index (κ3) is 4.30. The van der Waals surface area contributed by atoms with E-state index in [1.54, 1.807) is 6.07 Å². The van der Waals surface area contributed by atoms with Crippen LogP contribution in [0.1, 0.15) is 23.5 Å². The van der Waals surface area contributed by atoms with Crippen LogP contribution >= 0.6 is 12.2 Å². The molecule has 5 rings (SSSR count). The highest BCUT2D eigenvalue weighted by Gasteiger charge is 2.19. The highest BCUT2D eigenvalue weighted by molar-refractivity contribution is 7.71. The summed E-state index contributed by atoms with van der Waals surface area (Å²) in [7, 11) is 0. The van der Waals surface area contributed by atoms with Gasteiger partial charge in [-0.1, -0.05) is 60.7 Å². The molecule has 1 amide bonds. The van der Waals surface area contributed by atoms with Crippen LogP contribution in [0.25, 0.3) is 21.8 Å². The quantitative estimate of drug-likeness (QED) is 0.298. The number of rotatable bonds is 7. The molecule has 7 heteroatoms. The van der Waals surface area contributed by atoms with Crippen molar-refractivity contribution in [2.24, 2.45) is 0 Å². The van der Waals surface area contributed by atoms with Gasteiger partial charge in [0.05, 0.1) is 10.9 Å². The summed E-state index contributed by atoms with van der Waals surface area (Å²) < 4.78 is 1.77. The maximum atomic E-state index is 12.8. The summed E-state index contributed by atoms with van der Waals surface area (Å²) >= 11 is 5.36. The molecule has 2 heterocycles. The molecule has 0 bridgehead atoms. The lowest BCUT2D eigenvalue weighted by Crippen LogP contribution is -2.31. The van der Waals surface area contributed by atoms with E-state index in [-0.39, 0.29) is 30.3 Å². The minimum absolute atomic E-state index is 0.00691. The van der Waals surface area contributed by atoms with Crippen molar-refractivity contribution in [1.82, 2.24) is 19.9 Å². The van der Waals surface area contributed by atoms with Crippen molar-refractivity contribution in [2.45, 2.75) is 18.9 Å². The van der Waals surface area contributed by atoms with Crippen LogP contribution < -0.4 is 10.9 Å². The number of aromatic nitrogens is 3. The molecular formula is C27H24N4O2S. The molecule has 0 spiro atoms. The van der Waals surface area contributed by atoms with Gasteiger partial charge in [-0.05, 0) is 41.5 Å². The van der Waals surface area contributed by atoms with E-state index in [1.807, 2.05) is 60.8 Å². The summed E-state index contributed by atoms with van der Waals surface area (Å²) in [5.41, 5.74) is 3.83. The van der Waals surface area contributed by atoms with E-state index < -0.39 is 0 Å². The zero-order valence-electron chi connectivity index (χ0n) is 18.5. The van der Waals surface area contributed by atoms with E-state index >= 15 is 0 Å². The zero-order valence-corrected chi connectivity index (χ0v) is 19.3. The van der Waals surface area contributed by atoms with Gasteiger partial charge >= 0.3 is 0 Å². The Balaban J connectivity index is 1.33. The number of carbonyl (C=O) groups excluding carboxylic acids is 1. The van der Waals surface area contributed by atoms with Crippen molar-refractivity contribution in [3.63, 3.8) is 0 Å². The fourth-order valence-corrected chi connectivity index (χ4v) is 4.68. The number of amides is 1. The average Bonchev–Trinajstić information content (AvgIpc) is 3.29. The summed E-state index contributed by atoms with van der Waals surface area (Å²) in [5.74, 6) is -0.136. The summed E-state index contributed by atoms with van der Waals surface area (Å²) in [6.45, 7) is 0.665. The number of H-pyrrole nitrogens is 2. The summed E-state index contributed by atoms with van der Waals surface area (Å²) in [6.07, 6.45) is 2.17. The first-order chi connectivity index (χ1) is 16.6. The van der Waals surface area contributed by atoms with Crippen LogP contribution in [0.15, 0.2) is 89.9 Å². The van der Waals surface area contributed by atoms with Gasteiger partial charge in [0.2, 0.25) is 5.91 Å². The molecule has 0 fully saturated rings. The Hall–Kier alpha value is -3.97. The smallest absolute Gasteiger partial charge is 0.262 e. The van der Waals surface area contributed by atoms with Gasteiger partial charge in [0.25, 0.3) is 5.56 Å². The first-order valence-electron chi connectivity index (χ1n) is 11.2. The summed E-state index contributed by atoms with van der Waals surface area (Å²) in [6, 6.07) is 25.5. The van der Waals surface area contributed by atoms with Crippen LogP contribution in [0.3, 0.4) is 0 Å². The van der Waals surface area contributed by atoms with E-state index in [0.717, 1.165) is 22.0 Å². The highest BCUT2D eigenvalue weighted by atomic mass is 32.1. The van der Waals surface area contributed by atoms with Gasteiger partial charge in [-0.2, -0.15) is 0 Å². The Kier molecular flexibility index (Phi) is 6.10. The van der Waals surface area contributed by atoms with Crippen molar-refractivity contribution in [2.75, 3.05) is 6.54 Å². The van der Waals surface area contributed by atoms with Crippen LogP contribution in [0.5, 0.6) is 0 Å². The molecule has 0 aliphatic carbocycles. The average molecular weight is 469 g/mol. The van der Waals surface area contributed by atoms with E-state index in [4.69, 9.17) is 12.2 Å². The number of fused-ring (bicyclic) bond motifs is 2. The fourth-order valence-electron chi connectivity index (χ4n) is 4.39. The van der Waals surface area contributed by atoms with Gasteiger partial charge in [-0.15, -0.1) is 0 Å². The minimum atomic E-state index is -0.187. The fraction of sp³-hybridized carbons (Fsp3) is 0.148. The number of para-hydroxylation sites is 2. The molecule has 1 unspecified atom stereocenters. The normalized spacial score (nSPS) is 12.1. The SMILES string of the molecule is O=C(CCn1c(=S)[nH]c2ccccc2c1=O)NCC(c1ccccc1)c1c[nH]c2ccccc12. The predicted octanol–water partition coefficient (Wildman–Crippen LogP) is 4.88. The number of hydrogen-bond donors (Lipinski definition) is 3. The minimum Gasteiger partial charge on any atom is -0.361 e. The standard InChI is InChI=1S/C27H24N4O2S/c32-25(14-15-31-26(33)20-11-5-7-13-24(20)30-27(31)34)29-16-21(18-8-2-1-3-9-18)22-17-28-23-12-6-4-10-19(22)23/h1-13,17,21,28H,14-16H2,(H,29,32)(H,30,34). The zero-order chi connectivity index (χ0) is 23.5. The molecule has 0 saturated heterocycles. The molecule has 170 valence electrons. The molecule has 6 nitrogen and oxygen atoms in total. The summed E-state index contributed by atoms with van der Waals surface area (Å²) in [4.78, 5) is 32.0. The molecule has 3 N–H and O–H groups in total. The maximum absolute atomic E-state index is 12.8. The molecule has 0 radical (unpaired) electrons. The molecule has 3 aromatic carbocycles. The molecule has 1 atom stereocenters. The molecular weight excluding hydrogens is 444 g/mol. The van der Waals surface area contributed by atoms with E-state index in [1.165, 1.54) is 4.57 Å². The second-order valence-electron chi connectivity index (χ2n) is 8.24. The Morgan fingerprint density at radius 2 is 1.59 bits per heavy atom. The van der Waals surface area contributed by atoms with Crippen LogP contribution in [0.2, 0.25) is 0 Å². The molecule has 2 aromatic heterocycles. The van der Waals surface area contributed by atoms with E-state index in [2.05, 4.69) is 33.5 Å². The van der Waals surface area contributed by atoms with Crippen molar-refractivity contribution in [1.29, 1.82) is 0 Å². The third-order valence-corrected chi connectivity index (χ3v) is 6.48. The lowest BCUT2D eigenvalue weighted by Gasteiger charge is -2.18. The van der Waals surface area contributed by atoms with Crippen LogP contribution in [0, 0.1) is 4.77 Å². The molecule has 34 heavy (non-hydrogen) atoms. The van der Waals surface area contributed by atoms with Gasteiger partial charge in [-0.25, -0.2) is 0 Å². The number of aromatic amines is 2. The van der Waals surface area contributed by atoms with E-state index in [0.29, 0.717) is 22.2 Å². The van der Waals surface area contributed by atoms with Gasteiger partial charge in [0.15, 0.2) is 4.77 Å². The van der Waals surface area contributed by atoms with Crippen LogP contribution in [-0.4, -0.2) is 27.0 Å². The molecule has 0 saturated carbocycles. The van der Waals surface area contributed by atoms with Crippen molar-refractivity contribution < 1.29 is 4.79 Å². The highest BCUT2D eigenvalue weighted by Crippen LogP contribution is 2.30. The van der Waals surface area contributed by atoms with Gasteiger partial charge in [0.1, 0.15) is 0 Å². The first kappa shape index (κ1) is 21.9. The number of hydrogen-bond acceptors (Lipinski definition) is 3. The van der Waals surface area contributed by atoms with Gasteiger partial charge < -0.3 is 15.3 Å². The van der Waals surface area contributed by atoms with Gasteiger partial charge in [0, 0.05) is 42.5 Å². The largest absolute Gasteiger partial charge is 0.361 e. The Morgan fingerprint density at radius 3 is 2.38 bits per heavy atom. The lowest BCUT2D eigenvalue weighted by molar-refractivity contribution is -0.121. The second-order valence-corrected chi connectivity index (χ2v) is 8.63. The lowest BCUT2D eigenvalue weighted by atomic mass is 9.91. The Bertz CT molecular complexity index is 1580. The predicted molar refractivity (Wildman–Crippen MR) is 138 cm³/mol. The van der Waals surface area contributed by atoms with Gasteiger partial charge in [-0.3, -0.25) is 14.2 Å². The Labute approximate surface area is 201 Å². The third-order valence-electron chi connectivity index (χ3n) is 6.15. The molecule has 0 aliphatic rings. The number of benzene rings is 3. The van der Waals surface area contributed by atoms with E-state index in [9.17, 15) is 9.59 Å². The van der Waals surface area contributed by atoms with Crippen molar-refractivity contribution in [3.8, 4) is 0 Å². The Morgan fingerprint density at radius 1 is 0.912 bits per heavy atom. The first-order valence-corrected chi connectivity index (χ1v) is 11.6. The number of nitrogens with zero attached hydrogens (tertiary/aromatic N) is 1. The number of nitrogens with one attached hydrogen (secondary N) is 3. The molecule has 5 aromatic rings. The van der Waals surface area contributed by atoms with Crippen LogP contribution in [0.4, 0.5) is 0 Å².